The summed E-state index contributed by atoms with van der Waals surface area (Å²) in [6.45, 7) is 5.58. The van der Waals surface area contributed by atoms with Crippen molar-refractivity contribution >= 4 is 5.69 Å². The molecule has 0 spiro atoms. The molecule has 1 atom stereocenters. The summed E-state index contributed by atoms with van der Waals surface area (Å²) in [5, 5.41) is 14.1. The molecule has 1 aromatic heterocycles. The minimum Gasteiger partial charge on any atom is -0.317 e. The molecule has 0 amide bonds. The smallest absolute Gasteiger partial charge is 0.278 e. The molecule has 1 rings (SSSR count). The number of nitrogens with one attached hydrogen (secondary N) is 1. The summed E-state index contributed by atoms with van der Waals surface area (Å²) in [6.07, 6.45) is 3.27. The number of nitrogens with zero attached hydrogens (tertiary/aromatic N) is 2. The summed E-state index contributed by atoms with van der Waals surface area (Å²) < 4.78 is 0. The molecule has 0 fully saturated rings. The quantitative estimate of drug-likeness (QED) is 0.629. The van der Waals surface area contributed by atoms with Crippen molar-refractivity contribution in [3.8, 4) is 0 Å². The molecule has 5 heteroatoms. The molecular formula is C12H19N3O2. The van der Waals surface area contributed by atoms with Gasteiger partial charge >= 0.3 is 0 Å². The van der Waals surface area contributed by atoms with Crippen molar-refractivity contribution in [1.29, 1.82) is 0 Å². The van der Waals surface area contributed by atoms with Crippen molar-refractivity contribution < 1.29 is 4.92 Å². The standard InChI is InChI=1S/C12H19N3O2/c1-8-7-14-11(6-5-9(2)13-4)10(3)12(8)15(16)17/h7,9,13H,5-6H2,1-4H3. The first-order valence-electron chi connectivity index (χ1n) is 5.74. The minimum atomic E-state index is -0.322. The normalized spacial score (nSPS) is 12.5. The van der Waals surface area contributed by atoms with Crippen LogP contribution in [0.4, 0.5) is 5.69 Å². The van der Waals surface area contributed by atoms with Gasteiger partial charge in [0.2, 0.25) is 0 Å². The van der Waals surface area contributed by atoms with E-state index in [2.05, 4.69) is 17.2 Å². The Balaban J connectivity index is 2.95. The highest BCUT2D eigenvalue weighted by atomic mass is 16.6. The fraction of sp³-hybridized carbons (Fsp3) is 0.583. The van der Waals surface area contributed by atoms with Gasteiger partial charge in [0.05, 0.1) is 10.6 Å². The first-order chi connectivity index (χ1) is 7.97. The summed E-state index contributed by atoms with van der Waals surface area (Å²) in [5.74, 6) is 0. The number of hydrogen-bond donors (Lipinski definition) is 1. The SMILES string of the molecule is CNC(C)CCc1ncc(C)c([N+](=O)[O-])c1C. The highest BCUT2D eigenvalue weighted by Crippen LogP contribution is 2.24. The Hall–Kier alpha value is -1.49. The minimum absolute atomic E-state index is 0.201. The lowest BCUT2D eigenvalue weighted by molar-refractivity contribution is -0.386. The van der Waals surface area contributed by atoms with E-state index >= 15 is 0 Å². The molecule has 17 heavy (non-hydrogen) atoms. The Bertz CT molecular complexity index is 418. The molecule has 5 nitrogen and oxygen atoms in total. The Morgan fingerprint density at radius 1 is 1.53 bits per heavy atom. The number of pyridine rings is 1. The summed E-state index contributed by atoms with van der Waals surface area (Å²) in [5.41, 5.74) is 2.34. The summed E-state index contributed by atoms with van der Waals surface area (Å²) in [7, 11) is 1.91. The molecule has 0 aliphatic heterocycles. The lowest BCUT2D eigenvalue weighted by Crippen LogP contribution is -2.22. The van der Waals surface area contributed by atoms with E-state index in [0.717, 1.165) is 18.5 Å². The molecule has 94 valence electrons. The number of rotatable bonds is 5. The highest BCUT2D eigenvalue weighted by molar-refractivity contribution is 5.47. The van der Waals surface area contributed by atoms with E-state index in [1.807, 2.05) is 7.05 Å². The van der Waals surface area contributed by atoms with Crippen molar-refractivity contribution in [2.45, 2.75) is 39.7 Å². The van der Waals surface area contributed by atoms with E-state index in [1.54, 1.807) is 20.0 Å². The molecule has 0 bridgehead atoms. The van der Waals surface area contributed by atoms with Crippen LogP contribution >= 0.6 is 0 Å². The first-order valence-corrected chi connectivity index (χ1v) is 5.74. The van der Waals surface area contributed by atoms with Crippen LogP contribution in [0, 0.1) is 24.0 Å². The zero-order valence-corrected chi connectivity index (χ0v) is 10.8. The van der Waals surface area contributed by atoms with Crippen molar-refractivity contribution in [3.05, 3.63) is 33.1 Å². The van der Waals surface area contributed by atoms with Crippen LogP contribution in [0.15, 0.2) is 6.20 Å². The molecule has 1 aromatic rings. The van der Waals surface area contributed by atoms with E-state index in [4.69, 9.17) is 0 Å². The number of nitro groups is 1. The van der Waals surface area contributed by atoms with Crippen molar-refractivity contribution in [2.75, 3.05) is 7.05 Å². The summed E-state index contributed by atoms with van der Waals surface area (Å²) >= 11 is 0. The van der Waals surface area contributed by atoms with Gasteiger partial charge in [0, 0.05) is 23.4 Å². The van der Waals surface area contributed by atoms with Crippen LogP contribution in [0.1, 0.15) is 30.2 Å². The molecule has 1 unspecified atom stereocenters. The molecule has 1 heterocycles. The monoisotopic (exact) mass is 237 g/mol. The third kappa shape index (κ3) is 3.23. The zero-order chi connectivity index (χ0) is 13.0. The van der Waals surface area contributed by atoms with E-state index < -0.39 is 0 Å². The van der Waals surface area contributed by atoms with Gasteiger partial charge in [0.1, 0.15) is 0 Å². The van der Waals surface area contributed by atoms with Crippen LogP contribution in [-0.4, -0.2) is 23.0 Å². The molecule has 0 aliphatic carbocycles. The average molecular weight is 237 g/mol. The molecule has 0 aromatic carbocycles. The average Bonchev–Trinajstić information content (AvgIpc) is 2.27. The molecule has 0 aliphatic rings. The van der Waals surface area contributed by atoms with Gasteiger partial charge in [-0.2, -0.15) is 0 Å². The zero-order valence-electron chi connectivity index (χ0n) is 10.8. The van der Waals surface area contributed by atoms with E-state index in [1.165, 1.54) is 0 Å². The van der Waals surface area contributed by atoms with Crippen molar-refractivity contribution in [3.63, 3.8) is 0 Å². The van der Waals surface area contributed by atoms with Gasteiger partial charge in [-0.25, -0.2) is 0 Å². The second kappa shape index (κ2) is 5.72. The summed E-state index contributed by atoms with van der Waals surface area (Å²) in [6, 6.07) is 0.386. The number of hydrogen-bond acceptors (Lipinski definition) is 4. The lowest BCUT2D eigenvalue weighted by Gasteiger charge is -2.11. The predicted molar refractivity (Wildman–Crippen MR) is 67.2 cm³/mol. The fourth-order valence-corrected chi connectivity index (χ4v) is 1.80. The van der Waals surface area contributed by atoms with Crippen LogP contribution in [0.25, 0.3) is 0 Å². The number of aromatic nitrogens is 1. The van der Waals surface area contributed by atoms with Gasteiger partial charge in [0.25, 0.3) is 5.69 Å². The maximum atomic E-state index is 11.0. The van der Waals surface area contributed by atoms with Crippen LogP contribution in [0.2, 0.25) is 0 Å². The first kappa shape index (κ1) is 13.6. The van der Waals surface area contributed by atoms with Crippen LogP contribution < -0.4 is 5.32 Å². The topological polar surface area (TPSA) is 68.1 Å². The van der Waals surface area contributed by atoms with Crippen LogP contribution in [0.5, 0.6) is 0 Å². The van der Waals surface area contributed by atoms with Gasteiger partial charge in [-0.1, -0.05) is 0 Å². The van der Waals surface area contributed by atoms with Gasteiger partial charge in [-0.05, 0) is 40.7 Å². The van der Waals surface area contributed by atoms with Crippen molar-refractivity contribution in [1.82, 2.24) is 10.3 Å². The molecule has 1 N–H and O–H groups in total. The lowest BCUT2D eigenvalue weighted by atomic mass is 10.0. The van der Waals surface area contributed by atoms with Gasteiger partial charge in [-0.3, -0.25) is 15.1 Å². The Kier molecular flexibility index (Phi) is 4.57. The largest absolute Gasteiger partial charge is 0.317 e. The van der Waals surface area contributed by atoms with Gasteiger partial charge in [-0.15, -0.1) is 0 Å². The Morgan fingerprint density at radius 3 is 2.71 bits per heavy atom. The predicted octanol–water partition coefficient (Wildman–Crippen LogP) is 2.15. The van der Waals surface area contributed by atoms with Crippen molar-refractivity contribution in [2.24, 2.45) is 0 Å². The highest BCUT2D eigenvalue weighted by Gasteiger charge is 2.18. The summed E-state index contributed by atoms with van der Waals surface area (Å²) in [4.78, 5) is 14.9. The molecular weight excluding hydrogens is 218 g/mol. The third-order valence-electron chi connectivity index (χ3n) is 3.07. The molecule has 0 radical (unpaired) electrons. The van der Waals surface area contributed by atoms with E-state index in [0.29, 0.717) is 17.2 Å². The van der Waals surface area contributed by atoms with Crippen LogP contribution in [0.3, 0.4) is 0 Å². The Morgan fingerprint density at radius 2 is 2.18 bits per heavy atom. The third-order valence-corrected chi connectivity index (χ3v) is 3.07. The van der Waals surface area contributed by atoms with Gasteiger partial charge in [0.15, 0.2) is 0 Å². The number of aryl methyl sites for hydroxylation is 2. The maximum absolute atomic E-state index is 11.0. The molecule has 0 saturated heterocycles. The maximum Gasteiger partial charge on any atom is 0.278 e. The second-order valence-electron chi connectivity index (χ2n) is 4.35. The fourth-order valence-electron chi connectivity index (χ4n) is 1.80. The van der Waals surface area contributed by atoms with Crippen LogP contribution in [-0.2, 0) is 6.42 Å². The molecule has 0 saturated carbocycles. The van der Waals surface area contributed by atoms with Gasteiger partial charge < -0.3 is 5.32 Å². The Labute approximate surface area is 101 Å². The second-order valence-corrected chi connectivity index (χ2v) is 4.35. The van der Waals surface area contributed by atoms with E-state index in [9.17, 15) is 10.1 Å². The van der Waals surface area contributed by atoms with E-state index in [-0.39, 0.29) is 10.6 Å².